The molecule has 3 heteroatoms. The van der Waals surface area contributed by atoms with Gasteiger partial charge in [-0.2, -0.15) is 0 Å². The Kier molecular flexibility index (Phi) is 3.23. The highest BCUT2D eigenvalue weighted by Crippen LogP contribution is 2.12. The maximum absolute atomic E-state index is 10.8. The summed E-state index contributed by atoms with van der Waals surface area (Å²) < 4.78 is 4.86. The lowest BCUT2D eigenvalue weighted by Crippen LogP contribution is -2.19. The predicted molar refractivity (Wildman–Crippen MR) is 51.2 cm³/mol. The van der Waals surface area contributed by atoms with E-state index in [1.807, 2.05) is 12.1 Å². The monoisotopic (exact) mass is 177 g/mol. The second-order valence-electron chi connectivity index (χ2n) is 2.45. The smallest absolute Gasteiger partial charge is 0.325 e. The summed E-state index contributed by atoms with van der Waals surface area (Å²) in [4.78, 5) is 10.8. The van der Waals surface area contributed by atoms with Crippen LogP contribution in [0.1, 0.15) is 5.56 Å². The highest BCUT2D eigenvalue weighted by Gasteiger charge is 2.00. The first-order chi connectivity index (χ1) is 6.26. The molecule has 0 amide bonds. The van der Waals surface area contributed by atoms with Crippen molar-refractivity contribution in [2.24, 2.45) is 5.73 Å². The van der Waals surface area contributed by atoms with Crippen molar-refractivity contribution in [1.29, 1.82) is 0 Å². The van der Waals surface area contributed by atoms with E-state index in [2.05, 4.69) is 6.58 Å². The standard InChI is InChI=1S/C10H11NO2/c1-2-8-3-5-9(6-4-8)13-10(12)7-11/h2-6H,1,7,11H2. The SMILES string of the molecule is C=Cc1ccc(OC(=O)CN)cc1. The lowest BCUT2D eigenvalue weighted by molar-refractivity contribution is -0.132. The third kappa shape index (κ3) is 2.72. The fraction of sp³-hybridized carbons (Fsp3) is 0.100. The van der Waals surface area contributed by atoms with Crippen LogP contribution < -0.4 is 10.5 Å². The molecule has 3 nitrogen and oxygen atoms in total. The largest absolute Gasteiger partial charge is 0.426 e. The molecular weight excluding hydrogens is 166 g/mol. The Morgan fingerprint density at radius 2 is 2.08 bits per heavy atom. The van der Waals surface area contributed by atoms with E-state index in [1.165, 1.54) is 0 Å². The van der Waals surface area contributed by atoms with Crippen molar-refractivity contribution >= 4 is 12.0 Å². The maximum Gasteiger partial charge on any atom is 0.325 e. The minimum absolute atomic E-state index is 0.108. The molecule has 0 saturated heterocycles. The van der Waals surface area contributed by atoms with E-state index in [0.29, 0.717) is 5.75 Å². The van der Waals surface area contributed by atoms with Gasteiger partial charge in [-0.15, -0.1) is 0 Å². The van der Waals surface area contributed by atoms with Gasteiger partial charge in [0.15, 0.2) is 0 Å². The molecule has 0 aromatic heterocycles. The number of hydrogen-bond donors (Lipinski definition) is 1. The Labute approximate surface area is 76.8 Å². The second-order valence-corrected chi connectivity index (χ2v) is 2.45. The average molecular weight is 177 g/mol. The number of ether oxygens (including phenoxy) is 1. The van der Waals surface area contributed by atoms with Crippen LogP contribution in [-0.2, 0) is 4.79 Å². The van der Waals surface area contributed by atoms with E-state index in [-0.39, 0.29) is 6.54 Å². The molecule has 0 fully saturated rings. The highest BCUT2D eigenvalue weighted by atomic mass is 16.5. The van der Waals surface area contributed by atoms with Crippen molar-refractivity contribution in [2.45, 2.75) is 0 Å². The summed E-state index contributed by atoms with van der Waals surface area (Å²) in [6.07, 6.45) is 1.72. The van der Waals surface area contributed by atoms with Crippen LogP contribution in [0.25, 0.3) is 6.08 Å². The molecule has 1 aromatic rings. The molecule has 0 aliphatic carbocycles. The van der Waals surface area contributed by atoms with E-state index < -0.39 is 5.97 Å². The van der Waals surface area contributed by atoms with Crippen molar-refractivity contribution in [3.05, 3.63) is 36.4 Å². The van der Waals surface area contributed by atoms with Crippen molar-refractivity contribution in [2.75, 3.05) is 6.54 Å². The van der Waals surface area contributed by atoms with E-state index >= 15 is 0 Å². The summed E-state index contributed by atoms with van der Waals surface area (Å²) in [6.45, 7) is 3.50. The van der Waals surface area contributed by atoms with Gasteiger partial charge in [0, 0.05) is 0 Å². The number of benzene rings is 1. The van der Waals surface area contributed by atoms with E-state index in [1.54, 1.807) is 18.2 Å². The molecule has 0 atom stereocenters. The minimum Gasteiger partial charge on any atom is -0.426 e. The molecule has 68 valence electrons. The summed E-state index contributed by atoms with van der Waals surface area (Å²) in [5, 5.41) is 0. The van der Waals surface area contributed by atoms with E-state index in [0.717, 1.165) is 5.56 Å². The first kappa shape index (κ1) is 9.48. The van der Waals surface area contributed by atoms with Crippen LogP contribution in [0.2, 0.25) is 0 Å². The van der Waals surface area contributed by atoms with E-state index in [9.17, 15) is 4.79 Å². The quantitative estimate of drug-likeness (QED) is 0.557. The lowest BCUT2D eigenvalue weighted by Gasteiger charge is -2.01. The van der Waals surface area contributed by atoms with Gasteiger partial charge in [0.25, 0.3) is 0 Å². The van der Waals surface area contributed by atoms with Crippen LogP contribution in [0.5, 0.6) is 5.75 Å². The molecule has 0 spiro atoms. The van der Waals surface area contributed by atoms with Gasteiger partial charge >= 0.3 is 5.97 Å². The topological polar surface area (TPSA) is 52.3 Å². The number of esters is 1. The van der Waals surface area contributed by atoms with Gasteiger partial charge in [0.05, 0.1) is 6.54 Å². The van der Waals surface area contributed by atoms with Crippen LogP contribution in [0, 0.1) is 0 Å². The van der Waals surface area contributed by atoms with Gasteiger partial charge in [-0.3, -0.25) is 4.79 Å². The van der Waals surface area contributed by atoms with Crippen LogP contribution in [-0.4, -0.2) is 12.5 Å². The van der Waals surface area contributed by atoms with Crippen molar-refractivity contribution in [3.8, 4) is 5.75 Å². The number of carbonyl (C=O) groups excluding carboxylic acids is 1. The van der Waals surface area contributed by atoms with Crippen LogP contribution in [0.4, 0.5) is 0 Å². The maximum atomic E-state index is 10.8. The molecule has 0 aliphatic rings. The zero-order valence-electron chi connectivity index (χ0n) is 7.19. The first-order valence-electron chi connectivity index (χ1n) is 3.89. The molecule has 0 aliphatic heterocycles. The second kappa shape index (κ2) is 4.42. The molecule has 0 saturated carbocycles. The molecular formula is C10H11NO2. The zero-order chi connectivity index (χ0) is 9.68. The summed E-state index contributed by atoms with van der Waals surface area (Å²) in [5.74, 6) is 0.0624. The van der Waals surface area contributed by atoms with Crippen molar-refractivity contribution < 1.29 is 9.53 Å². The molecule has 1 aromatic carbocycles. The van der Waals surface area contributed by atoms with Crippen molar-refractivity contribution in [1.82, 2.24) is 0 Å². The van der Waals surface area contributed by atoms with Crippen LogP contribution in [0.15, 0.2) is 30.8 Å². The number of hydrogen-bond acceptors (Lipinski definition) is 3. The fourth-order valence-corrected chi connectivity index (χ4v) is 0.845. The molecule has 1 rings (SSSR count). The highest BCUT2D eigenvalue weighted by molar-refractivity contribution is 5.74. The molecule has 0 heterocycles. The number of nitrogens with two attached hydrogens (primary N) is 1. The molecule has 13 heavy (non-hydrogen) atoms. The van der Waals surface area contributed by atoms with Crippen molar-refractivity contribution in [3.63, 3.8) is 0 Å². The number of carbonyl (C=O) groups is 1. The summed E-state index contributed by atoms with van der Waals surface area (Å²) in [5.41, 5.74) is 6.06. The normalized spacial score (nSPS) is 9.31. The van der Waals surface area contributed by atoms with Gasteiger partial charge < -0.3 is 10.5 Å². The molecule has 2 N–H and O–H groups in total. The molecule has 0 bridgehead atoms. The average Bonchev–Trinajstić information content (AvgIpc) is 2.19. The first-order valence-corrected chi connectivity index (χ1v) is 3.89. The molecule has 0 radical (unpaired) electrons. The third-order valence-corrected chi connectivity index (χ3v) is 1.51. The van der Waals surface area contributed by atoms with Gasteiger partial charge in [0.2, 0.25) is 0 Å². The summed E-state index contributed by atoms with van der Waals surface area (Å²) >= 11 is 0. The Morgan fingerprint density at radius 1 is 1.46 bits per heavy atom. The Bertz CT molecular complexity index is 303. The van der Waals surface area contributed by atoms with E-state index in [4.69, 9.17) is 10.5 Å². The summed E-state index contributed by atoms with van der Waals surface area (Å²) in [6, 6.07) is 7.02. The summed E-state index contributed by atoms with van der Waals surface area (Å²) in [7, 11) is 0. The number of rotatable bonds is 3. The van der Waals surface area contributed by atoms with Gasteiger partial charge in [-0.1, -0.05) is 24.8 Å². The zero-order valence-corrected chi connectivity index (χ0v) is 7.19. The Morgan fingerprint density at radius 3 is 2.54 bits per heavy atom. The van der Waals surface area contributed by atoms with Gasteiger partial charge in [0.1, 0.15) is 5.75 Å². The Balaban J connectivity index is 2.69. The third-order valence-electron chi connectivity index (χ3n) is 1.51. The lowest BCUT2D eigenvalue weighted by atomic mass is 10.2. The van der Waals surface area contributed by atoms with Crippen LogP contribution in [0.3, 0.4) is 0 Å². The Hall–Kier alpha value is -1.61. The minimum atomic E-state index is -0.439. The predicted octanol–water partition coefficient (Wildman–Crippen LogP) is 1.19. The van der Waals surface area contributed by atoms with Gasteiger partial charge in [-0.25, -0.2) is 0 Å². The van der Waals surface area contributed by atoms with Gasteiger partial charge in [-0.05, 0) is 17.7 Å². The van der Waals surface area contributed by atoms with Crippen LogP contribution >= 0.6 is 0 Å². The molecule has 0 unspecified atom stereocenters. The fourth-order valence-electron chi connectivity index (χ4n) is 0.845.